The minimum Gasteiger partial charge on any atom is -0.381 e. The Morgan fingerprint density at radius 3 is 2.39 bits per heavy atom. The van der Waals surface area contributed by atoms with Crippen molar-refractivity contribution in [3.63, 3.8) is 0 Å². The van der Waals surface area contributed by atoms with E-state index in [0.29, 0.717) is 26.1 Å². The fourth-order valence-electron chi connectivity index (χ4n) is 3.01. The normalized spacial score (nSPS) is 26.6. The predicted molar refractivity (Wildman–Crippen MR) is 71.2 cm³/mol. The zero-order valence-electron chi connectivity index (χ0n) is 11.5. The van der Waals surface area contributed by atoms with Crippen molar-refractivity contribution in [1.29, 1.82) is 0 Å². The number of nitrogens with one attached hydrogen (secondary N) is 1. The molecule has 0 atom stereocenters. The van der Waals surface area contributed by atoms with Crippen LogP contribution in [0.3, 0.4) is 0 Å². The molecule has 0 unspecified atom stereocenters. The average molecular weight is 254 g/mol. The number of ether oxygens (including phenoxy) is 1. The van der Waals surface area contributed by atoms with Crippen molar-refractivity contribution in [3.8, 4) is 0 Å². The van der Waals surface area contributed by atoms with Gasteiger partial charge in [0.05, 0.1) is 5.54 Å². The quantitative estimate of drug-likeness (QED) is 0.803. The van der Waals surface area contributed by atoms with Crippen molar-refractivity contribution >= 4 is 5.91 Å². The van der Waals surface area contributed by atoms with E-state index in [1.165, 1.54) is 32.1 Å². The second-order valence-corrected chi connectivity index (χ2v) is 6.32. The standard InChI is InChI=1S/C14H26N2O2/c1-13(5-3-2-4-6-13)11-16-12(17)14(15)7-9-18-10-8-14/h2-11,15H2,1H3,(H,16,17). The lowest BCUT2D eigenvalue weighted by Crippen LogP contribution is -2.58. The summed E-state index contributed by atoms with van der Waals surface area (Å²) in [6.07, 6.45) is 7.61. The van der Waals surface area contributed by atoms with E-state index in [1.807, 2.05) is 0 Å². The van der Waals surface area contributed by atoms with Gasteiger partial charge in [0.2, 0.25) is 5.91 Å². The van der Waals surface area contributed by atoms with Gasteiger partial charge in [-0.2, -0.15) is 0 Å². The van der Waals surface area contributed by atoms with Crippen molar-refractivity contribution in [2.75, 3.05) is 19.8 Å². The summed E-state index contributed by atoms with van der Waals surface area (Å²) in [4.78, 5) is 12.2. The molecule has 0 radical (unpaired) electrons. The molecule has 104 valence electrons. The van der Waals surface area contributed by atoms with E-state index in [4.69, 9.17) is 10.5 Å². The van der Waals surface area contributed by atoms with Crippen LogP contribution < -0.4 is 11.1 Å². The average Bonchev–Trinajstić information content (AvgIpc) is 2.38. The zero-order valence-corrected chi connectivity index (χ0v) is 11.5. The highest BCUT2D eigenvalue weighted by Gasteiger charge is 2.37. The molecule has 1 saturated heterocycles. The molecular formula is C14H26N2O2. The topological polar surface area (TPSA) is 64.4 Å². The van der Waals surface area contributed by atoms with Crippen LogP contribution in [0.1, 0.15) is 51.9 Å². The lowest BCUT2D eigenvalue weighted by atomic mass is 9.75. The van der Waals surface area contributed by atoms with E-state index >= 15 is 0 Å². The first-order valence-electron chi connectivity index (χ1n) is 7.19. The number of hydrogen-bond donors (Lipinski definition) is 2. The van der Waals surface area contributed by atoms with Crippen LogP contribution >= 0.6 is 0 Å². The van der Waals surface area contributed by atoms with Crippen molar-refractivity contribution in [2.24, 2.45) is 11.1 Å². The van der Waals surface area contributed by atoms with Gasteiger partial charge in [-0.15, -0.1) is 0 Å². The van der Waals surface area contributed by atoms with Crippen LogP contribution in [0.2, 0.25) is 0 Å². The van der Waals surface area contributed by atoms with Gasteiger partial charge in [0.1, 0.15) is 0 Å². The van der Waals surface area contributed by atoms with Crippen LogP contribution in [0.25, 0.3) is 0 Å². The van der Waals surface area contributed by atoms with Gasteiger partial charge in [0, 0.05) is 19.8 Å². The van der Waals surface area contributed by atoms with Gasteiger partial charge in [0.15, 0.2) is 0 Å². The Hall–Kier alpha value is -0.610. The van der Waals surface area contributed by atoms with Gasteiger partial charge in [-0.25, -0.2) is 0 Å². The van der Waals surface area contributed by atoms with E-state index in [1.54, 1.807) is 0 Å². The van der Waals surface area contributed by atoms with Crippen LogP contribution in [0, 0.1) is 5.41 Å². The molecule has 3 N–H and O–H groups in total. The molecule has 0 bridgehead atoms. The minimum absolute atomic E-state index is 0.0117. The SMILES string of the molecule is CC1(CNC(=O)C2(N)CCOCC2)CCCCC1. The van der Waals surface area contributed by atoms with Crippen molar-refractivity contribution in [2.45, 2.75) is 57.4 Å². The van der Waals surface area contributed by atoms with E-state index < -0.39 is 5.54 Å². The Bertz CT molecular complexity index is 292. The zero-order chi connectivity index (χ0) is 13.1. The molecule has 2 rings (SSSR count). The molecule has 0 aromatic heterocycles. The number of nitrogens with two attached hydrogens (primary N) is 1. The number of amides is 1. The van der Waals surface area contributed by atoms with Crippen molar-refractivity contribution < 1.29 is 9.53 Å². The summed E-state index contributed by atoms with van der Waals surface area (Å²) in [5, 5.41) is 3.08. The molecule has 2 aliphatic rings. The summed E-state index contributed by atoms with van der Waals surface area (Å²) < 4.78 is 5.27. The van der Waals surface area contributed by atoms with E-state index in [2.05, 4.69) is 12.2 Å². The monoisotopic (exact) mass is 254 g/mol. The lowest BCUT2D eigenvalue weighted by Gasteiger charge is -2.36. The fraction of sp³-hybridized carbons (Fsp3) is 0.929. The maximum Gasteiger partial charge on any atom is 0.240 e. The molecule has 1 heterocycles. The summed E-state index contributed by atoms with van der Waals surface area (Å²) in [5.74, 6) is 0.0117. The number of hydrogen-bond acceptors (Lipinski definition) is 3. The molecular weight excluding hydrogens is 228 g/mol. The van der Waals surface area contributed by atoms with E-state index in [0.717, 1.165) is 6.54 Å². The summed E-state index contributed by atoms with van der Waals surface area (Å²) in [7, 11) is 0. The third-order valence-corrected chi connectivity index (χ3v) is 4.57. The van der Waals surface area contributed by atoms with E-state index in [9.17, 15) is 4.79 Å². The summed E-state index contributed by atoms with van der Waals surface area (Å²) in [5.41, 5.74) is 5.74. The third-order valence-electron chi connectivity index (χ3n) is 4.57. The largest absolute Gasteiger partial charge is 0.381 e. The van der Waals surface area contributed by atoms with Gasteiger partial charge in [-0.3, -0.25) is 4.79 Å². The number of carbonyl (C=O) groups excluding carboxylic acids is 1. The Kier molecular flexibility index (Phi) is 4.28. The minimum atomic E-state index is -0.705. The highest BCUT2D eigenvalue weighted by molar-refractivity contribution is 5.86. The Labute approximate surface area is 110 Å². The smallest absolute Gasteiger partial charge is 0.240 e. The molecule has 1 aliphatic carbocycles. The molecule has 0 spiro atoms. The molecule has 0 aromatic carbocycles. The maximum absolute atomic E-state index is 12.2. The Balaban J connectivity index is 1.83. The predicted octanol–water partition coefficient (Wildman–Crippen LogP) is 1.58. The highest BCUT2D eigenvalue weighted by atomic mass is 16.5. The van der Waals surface area contributed by atoms with E-state index in [-0.39, 0.29) is 11.3 Å². The number of rotatable bonds is 3. The van der Waals surface area contributed by atoms with Gasteiger partial charge in [-0.05, 0) is 31.1 Å². The molecule has 2 fully saturated rings. The van der Waals surface area contributed by atoms with Gasteiger partial charge < -0.3 is 15.8 Å². The molecule has 4 nitrogen and oxygen atoms in total. The molecule has 1 aliphatic heterocycles. The number of carbonyl (C=O) groups is 1. The molecule has 18 heavy (non-hydrogen) atoms. The molecule has 1 amide bonds. The highest BCUT2D eigenvalue weighted by Crippen LogP contribution is 2.35. The van der Waals surface area contributed by atoms with Crippen molar-refractivity contribution in [1.82, 2.24) is 5.32 Å². The van der Waals surface area contributed by atoms with Gasteiger partial charge >= 0.3 is 0 Å². The van der Waals surface area contributed by atoms with Crippen LogP contribution in [0.4, 0.5) is 0 Å². The molecule has 0 aromatic rings. The van der Waals surface area contributed by atoms with Crippen molar-refractivity contribution in [3.05, 3.63) is 0 Å². The third kappa shape index (κ3) is 3.23. The Morgan fingerprint density at radius 2 is 1.78 bits per heavy atom. The van der Waals surface area contributed by atoms with Crippen LogP contribution in [0.15, 0.2) is 0 Å². The Morgan fingerprint density at radius 1 is 1.17 bits per heavy atom. The second-order valence-electron chi connectivity index (χ2n) is 6.32. The first-order chi connectivity index (χ1) is 8.54. The van der Waals surface area contributed by atoms with Crippen LogP contribution in [-0.2, 0) is 9.53 Å². The summed E-state index contributed by atoms with van der Waals surface area (Å²) >= 11 is 0. The van der Waals surface area contributed by atoms with Gasteiger partial charge in [-0.1, -0.05) is 26.2 Å². The van der Waals surface area contributed by atoms with Gasteiger partial charge in [0.25, 0.3) is 0 Å². The fourth-order valence-corrected chi connectivity index (χ4v) is 3.01. The van der Waals surface area contributed by atoms with Crippen LogP contribution in [-0.4, -0.2) is 31.2 Å². The first-order valence-corrected chi connectivity index (χ1v) is 7.19. The lowest BCUT2D eigenvalue weighted by molar-refractivity contribution is -0.130. The van der Waals surface area contributed by atoms with Crippen LogP contribution in [0.5, 0.6) is 0 Å². The molecule has 1 saturated carbocycles. The second kappa shape index (κ2) is 5.57. The maximum atomic E-state index is 12.2. The first kappa shape index (κ1) is 13.8. The summed E-state index contributed by atoms with van der Waals surface area (Å²) in [6.45, 7) is 4.24. The summed E-state index contributed by atoms with van der Waals surface area (Å²) in [6, 6.07) is 0. The molecule has 4 heteroatoms.